The fourth-order valence-electron chi connectivity index (χ4n) is 3.00. The van der Waals surface area contributed by atoms with Crippen molar-refractivity contribution in [2.45, 2.75) is 59.1 Å². The van der Waals surface area contributed by atoms with Crippen LogP contribution < -0.4 is 10.1 Å². The van der Waals surface area contributed by atoms with Crippen molar-refractivity contribution in [2.24, 2.45) is 11.8 Å². The van der Waals surface area contributed by atoms with Crippen molar-refractivity contribution >= 4 is 11.9 Å². The molecule has 2 atom stereocenters. The molecule has 1 aromatic carbocycles. The minimum atomic E-state index is -0.801. The molecular weight excluding hydrogens is 306 g/mol. The highest BCUT2D eigenvalue weighted by molar-refractivity contribution is 5.80. The monoisotopic (exact) mass is 333 g/mol. The Hall–Kier alpha value is -2.04. The molecule has 5 heteroatoms. The molecule has 2 N–H and O–H groups in total. The maximum Gasteiger partial charge on any atom is 0.306 e. The number of carboxylic acids is 1. The molecule has 0 saturated heterocycles. The molecule has 0 radical (unpaired) electrons. The first-order valence-electron chi connectivity index (χ1n) is 8.45. The van der Waals surface area contributed by atoms with Gasteiger partial charge in [0, 0.05) is 18.0 Å². The van der Waals surface area contributed by atoms with Crippen LogP contribution in [0.3, 0.4) is 0 Å². The number of aryl methyl sites for hydroxylation is 1. The molecule has 0 heterocycles. The van der Waals surface area contributed by atoms with Gasteiger partial charge in [0.1, 0.15) is 11.4 Å². The number of hydrogen-bond acceptors (Lipinski definition) is 3. The van der Waals surface area contributed by atoms with E-state index in [9.17, 15) is 9.59 Å². The van der Waals surface area contributed by atoms with E-state index in [1.54, 1.807) is 0 Å². The van der Waals surface area contributed by atoms with Gasteiger partial charge in [-0.05, 0) is 58.6 Å². The number of nitrogens with one attached hydrogen (secondary N) is 1. The summed E-state index contributed by atoms with van der Waals surface area (Å²) in [5, 5.41) is 12.0. The largest absolute Gasteiger partial charge is 0.488 e. The first kappa shape index (κ1) is 18.3. The smallest absolute Gasteiger partial charge is 0.306 e. The van der Waals surface area contributed by atoms with Gasteiger partial charge in [0.2, 0.25) is 5.91 Å². The molecule has 0 unspecified atom stereocenters. The lowest BCUT2D eigenvalue weighted by Gasteiger charge is -2.24. The zero-order valence-corrected chi connectivity index (χ0v) is 14.9. The standard InChI is InChI=1S/C19H27NO4/c1-12-5-6-15(16(9-12)24-19(2,3)4)11-20-17(21)13-7-8-14(10-13)18(22)23/h5-6,9,13-14H,7-8,10-11H2,1-4H3,(H,20,21)(H,22,23)/t13-,14+/m1/s1. The topological polar surface area (TPSA) is 75.6 Å². The summed E-state index contributed by atoms with van der Waals surface area (Å²) in [6, 6.07) is 5.93. The van der Waals surface area contributed by atoms with Crippen molar-refractivity contribution in [2.75, 3.05) is 0 Å². The number of rotatable bonds is 5. The third-order valence-electron chi connectivity index (χ3n) is 4.24. The van der Waals surface area contributed by atoms with Crippen molar-refractivity contribution in [3.8, 4) is 5.75 Å². The second-order valence-electron chi connectivity index (χ2n) is 7.59. The lowest BCUT2D eigenvalue weighted by atomic mass is 10.0. The number of hydrogen-bond donors (Lipinski definition) is 2. The van der Waals surface area contributed by atoms with Crippen LogP contribution in [-0.4, -0.2) is 22.6 Å². The van der Waals surface area contributed by atoms with Crippen molar-refractivity contribution < 1.29 is 19.4 Å². The fraction of sp³-hybridized carbons (Fsp3) is 0.579. The van der Waals surface area contributed by atoms with Gasteiger partial charge >= 0.3 is 5.97 Å². The van der Waals surface area contributed by atoms with Gasteiger partial charge in [-0.25, -0.2) is 0 Å². The van der Waals surface area contributed by atoms with E-state index in [-0.39, 0.29) is 23.3 Å². The van der Waals surface area contributed by atoms with Crippen molar-refractivity contribution in [3.63, 3.8) is 0 Å². The average Bonchev–Trinajstić information content (AvgIpc) is 2.94. The van der Waals surface area contributed by atoms with Crippen molar-refractivity contribution in [1.82, 2.24) is 5.32 Å². The number of amides is 1. The maximum atomic E-state index is 12.3. The molecule has 0 aromatic heterocycles. The van der Waals surface area contributed by atoms with Gasteiger partial charge in [0.25, 0.3) is 0 Å². The summed E-state index contributed by atoms with van der Waals surface area (Å²) in [6.45, 7) is 8.36. The van der Waals surface area contributed by atoms with Crippen LogP contribution in [0.15, 0.2) is 18.2 Å². The van der Waals surface area contributed by atoms with E-state index in [0.29, 0.717) is 25.8 Å². The first-order valence-corrected chi connectivity index (χ1v) is 8.45. The Morgan fingerprint density at radius 1 is 1.25 bits per heavy atom. The zero-order chi connectivity index (χ0) is 17.9. The molecule has 1 aliphatic carbocycles. The van der Waals surface area contributed by atoms with Gasteiger partial charge < -0.3 is 15.2 Å². The number of carboxylic acid groups (broad SMARTS) is 1. The van der Waals surface area contributed by atoms with Gasteiger partial charge in [-0.3, -0.25) is 9.59 Å². The zero-order valence-electron chi connectivity index (χ0n) is 14.9. The van der Waals surface area contributed by atoms with E-state index >= 15 is 0 Å². The summed E-state index contributed by atoms with van der Waals surface area (Å²) in [6.07, 6.45) is 1.65. The Kier molecular flexibility index (Phi) is 5.52. The van der Waals surface area contributed by atoms with Gasteiger partial charge in [-0.15, -0.1) is 0 Å². The van der Waals surface area contributed by atoms with E-state index in [4.69, 9.17) is 9.84 Å². The molecule has 132 valence electrons. The van der Waals surface area contributed by atoms with Crippen LogP contribution in [0, 0.1) is 18.8 Å². The second kappa shape index (κ2) is 7.24. The predicted molar refractivity (Wildman–Crippen MR) is 91.9 cm³/mol. The molecule has 2 rings (SSSR count). The molecule has 0 aliphatic heterocycles. The summed E-state index contributed by atoms with van der Waals surface area (Å²) in [7, 11) is 0. The third kappa shape index (κ3) is 4.98. The SMILES string of the molecule is Cc1ccc(CNC(=O)[C@@H]2CC[C@H](C(=O)O)C2)c(OC(C)(C)C)c1. The summed E-state index contributed by atoms with van der Waals surface area (Å²) >= 11 is 0. The highest BCUT2D eigenvalue weighted by atomic mass is 16.5. The lowest BCUT2D eigenvalue weighted by molar-refractivity contribution is -0.141. The van der Waals surface area contributed by atoms with E-state index in [2.05, 4.69) is 5.32 Å². The highest BCUT2D eigenvalue weighted by Gasteiger charge is 2.33. The van der Waals surface area contributed by atoms with Gasteiger partial charge in [0.15, 0.2) is 0 Å². The van der Waals surface area contributed by atoms with Crippen LogP contribution in [0.4, 0.5) is 0 Å². The number of aliphatic carboxylic acids is 1. The Bertz CT molecular complexity index is 618. The molecule has 1 fully saturated rings. The van der Waals surface area contributed by atoms with Gasteiger partial charge in [0.05, 0.1) is 5.92 Å². The molecule has 1 amide bonds. The molecule has 1 aliphatic rings. The number of ether oxygens (including phenoxy) is 1. The molecule has 0 bridgehead atoms. The molecule has 24 heavy (non-hydrogen) atoms. The van der Waals surface area contributed by atoms with Crippen molar-refractivity contribution in [1.29, 1.82) is 0 Å². The van der Waals surface area contributed by atoms with Gasteiger partial charge in [-0.2, -0.15) is 0 Å². The minimum Gasteiger partial charge on any atom is -0.488 e. The van der Waals surface area contributed by atoms with E-state index in [1.165, 1.54) is 0 Å². The lowest BCUT2D eigenvalue weighted by Crippen LogP contribution is -2.30. The first-order chi connectivity index (χ1) is 11.2. The Morgan fingerprint density at radius 3 is 2.50 bits per heavy atom. The molecule has 0 spiro atoms. The normalized spacial score (nSPS) is 20.7. The van der Waals surface area contributed by atoms with Crippen LogP contribution in [0.1, 0.15) is 51.2 Å². The van der Waals surface area contributed by atoms with Crippen LogP contribution in [-0.2, 0) is 16.1 Å². The van der Waals surface area contributed by atoms with Crippen LogP contribution in [0.2, 0.25) is 0 Å². The second-order valence-corrected chi connectivity index (χ2v) is 7.59. The molecular formula is C19H27NO4. The number of benzene rings is 1. The number of carbonyl (C=O) groups is 2. The van der Waals surface area contributed by atoms with Crippen LogP contribution >= 0.6 is 0 Å². The fourth-order valence-corrected chi connectivity index (χ4v) is 3.00. The summed E-state index contributed by atoms with van der Waals surface area (Å²) in [4.78, 5) is 23.3. The van der Waals surface area contributed by atoms with E-state index in [1.807, 2.05) is 45.9 Å². The highest BCUT2D eigenvalue weighted by Crippen LogP contribution is 2.31. The Morgan fingerprint density at radius 2 is 1.92 bits per heavy atom. The Balaban J connectivity index is 1.99. The third-order valence-corrected chi connectivity index (χ3v) is 4.24. The van der Waals surface area contributed by atoms with Gasteiger partial charge in [-0.1, -0.05) is 12.1 Å². The van der Waals surface area contributed by atoms with E-state index < -0.39 is 5.97 Å². The minimum absolute atomic E-state index is 0.0685. The Labute approximate surface area is 143 Å². The van der Waals surface area contributed by atoms with Crippen molar-refractivity contribution in [3.05, 3.63) is 29.3 Å². The van der Waals surface area contributed by atoms with Crippen LogP contribution in [0.25, 0.3) is 0 Å². The molecule has 5 nitrogen and oxygen atoms in total. The quantitative estimate of drug-likeness (QED) is 0.867. The predicted octanol–water partition coefficient (Wildman–Crippen LogP) is 3.29. The average molecular weight is 333 g/mol. The van der Waals surface area contributed by atoms with E-state index in [0.717, 1.165) is 16.9 Å². The number of carbonyl (C=O) groups excluding carboxylic acids is 1. The summed E-state index contributed by atoms with van der Waals surface area (Å²) in [5.41, 5.74) is 1.72. The maximum absolute atomic E-state index is 12.3. The molecule has 1 saturated carbocycles. The van der Waals surface area contributed by atoms with Crippen LogP contribution in [0.5, 0.6) is 5.75 Å². The molecule has 1 aromatic rings. The summed E-state index contributed by atoms with van der Waals surface area (Å²) in [5.74, 6) is -0.688. The summed E-state index contributed by atoms with van der Waals surface area (Å²) < 4.78 is 5.99.